The average molecular weight is 548 g/mol. The second-order valence-corrected chi connectivity index (χ2v) is 10.9. The van der Waals surface area contributed by atoms with Gasteiger partial charge in [0.05, 0.1) is 24.8 Å². The lowest BCUT2D eigenvalue weighted by molar-refractivity contribution is -0.137. The molecule has 2 fully saturated rings. The average Bonchev–Trinajstić information content (AvgIpc) is 3.06. The van der Waals surface area contributed by atoms with Gasteiger partial charge in [0.15, 0.2) is 0 Å². The minimum absolute atomic E-state index is 0.0197. The molecule has 0 spiro atoms. The molecule has 0 saturated carbocycles. The number of piperidine rings is 1. The summed E-state index contributed by atoms with van der Waals surface area (Å²) in [6.45, 7) is 4.80. The van der Waals surface area contributed by atoms with Crippen molar-refractivity contribution in [2.75, 3.05) is 51.3 Å². The molecule has 7 nitrogen and oxygen atoms in total. The maximum Gasteiger partial charge on any atom is 0.227 e. The Morgan fingerprint density at radius 3 is 2.12 bits per heavy atom. The van der Waals surface area contributed by atoms with Crippen LogP contribution in [0.15, 0.2) is 97.3 Å². The van der Waals surface area contributed by atoms with Crippen molar-refractivity contribution in [3.63, 3.8) is 0 Å². The molecule has 2 saturated heterocycles. The molecule has 1 aromatic heterocycles. The van der Waals surface area contributed by atoms with E-state index < -0.39 is 0 Å². The van der Waals surface area contributed by atoms with Crippen LogP contribution in [0.25, 0.3) is 11.3 Å². The molecule has 6 rings (SSSR count). The second-order valence-electron chi connectivity index (χ2n) is 10.9. The van der Waals surface area contributed by atoms with E-state index in [4.69, 9.17) is 4.74 Å². The van der Waals surface area contributed by atoms with Crippen molar-refractivity contribution in [3.8, 4) is 17.0 Å². The number of aromatic nitrogens is 2. The SMILES string of the molecule is COc1ccc(-c2cc(N3CCCC(C(=O)N4CCN(C(c5ccccc5)c5ccccc5)CC4)C3)ncn2)cc1. The zero-order valence-corrected chi connectivity index (χ0v) is 23.6. The molecule has 7 heteroatoms. The Balaban J connectivity index is 1.11. The molecule has 41 heavy (non-hydrogen) atoms. The van der Waals surface area contributed by atoms with Crippen LogP contribution < -0.4 is 9.64 Å². The normalized spacial score (nSPS) is 18.0. The summed E-state index contributed by atoms with van der Waals surface area (Å²) in [6, 6.07) is 31.5. The standard InChI is InChI=1S/C34H37N5O2/c1-41-30-16-14-26(15-17-30)31-23-32(36-25-35-31)39-18-8-13-29(24-39)34(40)38-21-19-37(20-22-38)33(27-9-4-2-5-10-27)28-11-6-3-7-12-28/h2-7,9-12,14-17,23,25,29,33H,8,13,18-22,24H2,1H3. The van der Waals surface area contributed by atoms with Gasteiger partial charge in [-0.3, -0.25) is 9.69 Å². The van der Waals surface area contributed by atoms with Gasteiger partial charge in [-0.2, -0.15) is 0 Å². The molecule has 2 aliphatic heterocycles. The highest BCUT2D eigenvalue weighted by Gasteiger charge is 2.33. The summed E-state index contributed by atoms with van der Waals surface area (Å²) in [6.07, 6.45) is 3.51. The lowest BCUT2D eigenvalue weighted by atomic mass is 9.95. The molecule has 0 radical (unpaired) electrons. The number of benzene rings is 3. The smallest absolute Gasteiger partial charge is 0.227 e. The van der Waals surface area contributed by atoms with Crippen molar-refractivity contribution < 1.29 is 9.53 Å². The van der Waals surface area contributed by atoms with Gasteiger partial charge in [-0.25, -0.2) is 9.97 Å². The van der Waals surface area contributed by atoms with Crippen molar-refractivity contribution in [1.82, 2.24) is 19.8 Å². The van der Waals surface area contributed by atoms with Crippen LogP contribution >= 0.6 is 0 Å². The van der Waals surface area contributed by atoms with Crippen LogP contribution in [0.2, 0.25) is 0 Å². The fraction of sp³-hybridized carbons (Fsp3) is 0.324. The minimum Gasteiger partial charge on any atom is -0.497 e. The quantitative estimate of drug-likeness (QED) is 0.313. The Labute approximate surface area is 242 Å². The third-order valence-corrected chi connectivity index (χ3v) is 8.35. The fourth-order valence-corrected chi connectivity index (χ4v) is 6.17. The molecule has 0 N–H and O–H groups in total. The molecular weight excluding hydrogens is 510 g/mol. The number of hydrogen-bond donors (Lipinski definition) is 0. The monoisotopic (exact) mass is 547 g/mol. The van der Waals surface area contributed by atoms with E-state index in [1.165, 1.54) is 11.1 Å². The summed E-state index contributed by atoms with van der Waals surface area (Å²) in [5.74, 6) is 1.95. The molecule has 4 aromatic rings. The first-order valence-electron chi connectivity index (χ1n) is 14.5. The van der Waals surface area contributed by atoms with Gasteiger partial charge in [0.2, 0.25) is 5.91 Å². The zero-order valence-electron chi connectivity index (χ0n) is 23.6. The lowest BCUT2D eigenvalue weighted by Crippen LogP contribution is -2.53. The molecule has 1 amide bonds. The number of anilines is 1. The number of piperazine rings is 1. The third kappa shape index (κ3) is 6.10. The van der Waals surface area contributed by atoms with Gasteiger partial charge in [-0.05, 0) is 48.2 Å². The van der Waals surface area contributed by atoms with E-state index >= 15 is 0 Å². The van der Waals surface area contributed by atoms with Gasteiger partial charge < -0.3 is 14.5 Å². The van der Waals surface area contributed by atoms with E-state index in [0.29, 0.717) is 6.54 Å². The third-order valence-electron chi connectivity index (χ3n) is 8.35. The summed E-state index contributed by atoms with van der Waals surface area (Å²) < 4.78 is 5.29. The maximum absolute atomic E-state index is 13.7. The number of nitrogens with zero attached hydrogens (tertiary/aromatic N) is 5. The van der Waals surface area contributed by atoms with E-state index in [1.807, 2.05) is 30.3 Å². The van der Waals surface area contributed by atoms with E-state index in [2.05, 4.69) is 85.3 Å². The Morgan fingerprint density at radius 2 is 1.49 bits per heavy atom. The largest absolute Gasteiger partial charge is 0.497 e. The molecule has 1 unspecified atom stereocenters. The van der Waals surface area contributed by atoms with Gasteiger partial charge in [0.25, 0.3) is 0 Å². The lowest BCUT2D eigenvalue weighted by Gasteiger charge is -2.42. The van der Waals surface area contributed by atoms with Gasteiger partial charge in [0.1, 0.15) is 17.9 Å². The number of ether oxygens (including phenoxy) is 1. The Kier molecular flexibility index (Phi) is 8.23. The van der Waals surface area contributed by atoms with E-state index in [0.717, 1.165) is 68.4 Å². The molecule has 0 bridgehead atoms. The summed E-state index contributed by atoms with van der Waals surface area (Å²) >= 11 is 0. The molecular formula is C34H37N5O2. The molecule has 3 heterocycles. The predicted molar refractivity (Wildman–Crippen MR) is 162 cm³/mol. The number of hydrogen-bond acceptors (Lipinski definition) is 6. The van der Waals surface area contributed by atoms with Crippen molar-refractivity contribution in [1.29, 1.82) is 0 Å². The minimum atomic E-state index is -0.0197. The fourth-order valence-electron chi connectivity index (χ4n) is 6.17. The summed E-state index contributed by atoms with van der Waals surface area (Å²) in [5.41, 5.74) is 4.47. The Bertz CT molecular complexity index is 1380. The molecule has 1 atom stereocenters. The molecule has 3 aromatic carbocycles. The van der Waals surface area contributed by atoms with Gasteiger partial charge >= 0.3 is 0 Å². The van der Waals surface area contributed by atoms with Crippen LogP contribution in [0.1, 0.15) is 30.0 Å². The summed E-state index contributed by atoms with van der Waals surface area (Å²) in [4.78, 5) is 29.6. The highest BCUT2D eigenvalue weighted by atomic mass is 16.5. The Morgan fingerprint density at radius 1 is 0.829 bits per heavy atom. The number of carbonyl (C=O) groups is 1. The van der Waals surface area contributed by atoms with Crippen LogP contribution in [0.3, 0.4) is 0 Å². The van der Waals surface area contributed by atoms with Crippen LogP contribution in [0.5, 0.6) is 5.75 Å². The van der Waals surface area contributed by atoms with E-state index in [-0.39, 0.29) is 17.9 Å². The first kappa shape index (κ1) is 27.0. The van der Waals surface area contributed by atoms with E-state index in [9.17, 15) is 4.79 Å². The van der Waals surface area contributed by atoms with Gasteiger partial charge in [-0.1, -0.05) is 60.7 Å². The van der Waals surface area contributed by atoms with Crippen molar-refractivity contribution in [2.45, 2.75) is 18.9 Å². The first-order chi connectivity index (χ1) is 20.2. The molecule has 210 valence electrons. The Hall–Kier alpha value is -4.23. The number of rotatable bonds is 7. The second kappa shape index (κ2) is 12.5. The van der Waals surface area contributed by atoms with Crippen molar-refractivity contribution in [3.05, 3.63) is 108 Å². The maximum atomic E-state index is 13.7. The summed E-state index contributed by atoms with van der Waals surface area (Å²) in [7, 11) is 1.66. The number of amides is 1. The van der Waals surface area contributed by atoms with E-state index in [1.54, 1.807) is 13.4 Å². The summed E-state index contributed by atoms with van der Waals surface area (Å²) in [5, 5.41) is 0. The van der Waals surface area contributed by atoms with Gasteiger partial charge in [0, 0.05) is 50.9 Å². The highest BCUT2D eigenvalue weighted by Crippen LogP contribution is 2.31. The van der Waals surface area contributed by atoms with Crippen molar-refractivity contribution >= 4 is 11.7 Å². The number of carbonyl (C=O) groups excluding carboxylic acids is 1. The number of methoxy groups -OCH3 is 1. The van der Waals surface area contributed by atoms with Crippen molar-refractivity contribution in [2.24, 2.45) is 5.92 Å². The van der Waals surface area contributed by atoms with Crippen LogP contribution in [0, 0.1) is 5.92 Å². The topological polar surface area (TPSA) is 61.8 Å². The predicted octanol–water partition coefficient (Wildman–Crippen LogP) is 5.30. The first-order valence-corrected chi connectivity index (χ1v) is 14.5. The van der Waals surface area contributed by atoms with Gasteiger partial charge in [-0.15, -0.1) is 0 Å². The van der Waals surface area contributed by atoms with Crippen LogP contribution in [-0.2, 0) is 4.79 Å². The highest BCUT2D eigenvalue weighted by molar-refractivity contribution is 5.80. The molecule has 0 aliphatic carbocycles. The van der Waals surface area contributed by atoms with Crippen LogP contribution in [0.4, 0.5) is 5.82 Å². The van der Waals surface area contributed by atoms with Crippen LogP contribution in [-0.4, -0.2) is 72.1 Å². The molecule has 2 aliphatic rings. The zero-order chi connectivity index (χ0) is 28.0.